The Balaban J connectivity index is 1.69. The first-order valence-corrected chi connectivity index (χ1v) is 6.50. The number of hydrogen-bond donors (Lipinski definition) is 1. The fourth-order valence-electron chi connectivity index (χ4n) is 1.75. The Morgan fingerprint density at radius 1 is 1.39 bits per heavy atom. The van der Waals surface area contributed by atoms with Crippen molar-refractivity contribution in [1.82, 2.24) is 15.1 Å². The van der Waals surface area contributed by atoms with Crippen LogP contribution in [0.4, 0.5) is 5.13 Å². The van der Waals surface area contributed by atoms with Gasteiger partial charge in [0.15, 0.2) is 11.0 Å². The molecule has 0 amide bonds. The number of hydrogen-bond acceptors (Lipinski definition) is 6. The van der Waals surface area contributed by atoms with E-state index >= 15 is 0 Å². The summed E-state index contributed by atoms with van der Waals surface area (Å²) in [6.07, 6.45) is 2.07. The lowest BCUT2D eigenvalue weighted by Crippen LogP contribution is -2.05. The van der Waals surface area contributed by atoms with Crippen molar-refractivity contribution in [3.8, 4) is 0 Å². The molecule has 0 radical (unpaired) electrons. The summed E-state index contributed by atoms with van der Waals surface area (Å²) in [5, 5.41) is 7.98. The van der Waals surface area contributed by atoms with Gasteiger partial charge in [-0.3, -0.25) is 0 Å². The van der Waals surface area contributed by atoms with E-state index in [1.807, 2.05) is 0 Å². The molecule has 18 heavy (non-hydrogen) atoms. The van der Waals surface area contributed by atoms with Gasteiger partial charge in [0.2, 0.25) is 6.39 Å². The molecule has 1 aromatic carbocycles. The Kier molecular flexibility index (Phi) is 2.93. The van der Waals surface area contributed by atoms with Gasteiger partial charge >= 0.3 is 0 Å². The minimum atomic E-state index is 0.708. The molecule has 2 heterocycles. The molecule has 3 rings (SSSR count). The van der Waals surface area contributed by atoms with Crippen molar-refractivity contribution in [2.24, 2.45) is 0 Å². The van der Waals surface area contributed by atoms with Crippen molar-refractivity contribution in [2.45, 2.75) is 13.3 Å². The van der Waals surface area contributed by atoms with Gasteiger partial charge in [0.25, 0.3) is 0 Å². The van der Waals surface area contributed by atoms with Gasteiger partial charge in [-0.15, -0.1) is 0 Å². The molecule has 0 fully saturated rings. The predicted molar refractivity (Wildman–Crippen MR) is 70.8 cm³/mol. The van der Waals surface area contributed by atoms with Crippen LogP contribution in [-0.4, -0.2) is 21.7 Å². The molecule has 5 nitrogen and oxygen atoms in total. The van der Waals surface area contributed by atoms with Crippen molar-refractivity contribution in [3.63, 3.8) is 0 Å². The number of benzene rings is 1. The fraction of sp³-hybridized carbons (Fsp3) is 0.250. The fourth-order valence-corrected chi connectivity index (χ4v) is 2.72. The van der Waals surface area contributed by atoms with Gasteiger partial charge < -0.3 is 9.84 Å². The van der Waals surface area contributed by atoms with Crippen LogP contribution in [0.3, 0.4) is 0 Å². The van der Waals surface area contributed by atoms with E-state index in [9.17, 15) is 0 Å². The molecule has 6 heteroatoms. The summed E-state index contributed by atoms with van der Waals surface area (Å²) in [6, 6.07) is 6.22. The summed E-state index contributed by atoms with van der Waals surface area (Å²) in [7, 11) is 0. The zero-order valence-electron chi connectivity index (χ0n) is 9.88. The lowest BCUT2D eigenvalue weighted by Gasteiger charge is -1.98. The van der Waals surface area contributed by atoms with Crippen LogP contribution in [0.2, 0.25) is 0 Å². The normalized spacial score (nSPS) is 10.9. The highest BCUT2D eigenvalue weighted by Gasteiger charge is 2.05. The second kappa shape index (κ2) is 4.73. The van der Waals surface area contributed by atoms with Crippen molar-refractivity contribution in [2.75, 3.05) is 11.9 Å². The molecular weight excluding hydrogens is 248 g/mol. The van der Waals surface area contributed by atoms with Crippen LogP contribution in [0, 0.1) is 6.92 Å². The number of nitrogens with zero attached hydrogens (tertiary/aromatic N) is 3. The molecule has 0 saturated carbocycles. The quantitative estimate of drug-likeness (QED) is 0.781. The Labute approximate surface area is 108 Å². The van der Waals surface area contributed by atoms with Gasteiger partial charge in [0, 0.05) is 13.0 Å². The lowest BCUT2D eigenvalue weighted by atomic mass is 10.2. The Morgan fingerprint density at radius 2 is 2.33 bits per heavy atom. The van der Waals surface area contributed by atoms with E-state index in [4.69, 9.17) is 0 Å². The molecule has 1 N–H and O–H groups in total. The van der Waals surface area contributed by atoms with Gasteiger partial charge in [-0.25, -0.2) is 4.98 Å². The van der Waals surface area contributed by atoms with Crippen LogP contribution in [0.1, 0.15) is 11.4 Å². The number of aryl methyl sites for hydroxylation is 1. The first kappa shape index (κ1) is 11.2. The van der Waals surface area contributed by atoms with E-state index in [0.717, 1.165) is 23.6 Å². The van der Waals surface area contributed by atoms with E-state index in [0.29, 0.717) is 5.82 Å². The van der Waals surface area contributed by atoms with Crippen molar-refractivity contribution in [1.29, 1.82) is 0 Å². The van der Waals surface area contributed by atoms with Crippen molar-refractivity contribution < 1.29 is 4.52 Å². The van der Waals surface area contributed by atoms with Gasteiger partial charge in [-0.2, -0.15) is 4.98 Å². The average Bonchev–Trinajstić information content (AvgIpc) is 2.98. The molecule has 0 saturated heterocycles. The molecule has 92 valence electrons. The number of fused-ring (bicyclic) bond motifs is 1. The van der Waals surface area contributed by atoms with E-state index in [1.165, 1.54) is 16.7 Å². The molecule has 0 bridgehead atoms. The first-order chi connectivity index (χ1) is 8.83. The zero-order chi connectivity index (χ0) is 12.4. The van der Waals surface area contributed by atoms with Crippen molar-refractivity contribution in [3.05, 3.63) is 36.0 Å². The summed E-state index contributed by atoms with van der Waals surface area (Å²) in [4.78, 5) is 8.54. The van der Waals surface area contributed by atoms with E-state index in [-0.39, 0.29) is 0 Å². The summed E-state index contributed by atoms with van der Waals surface area (Å²) in [5.74, 6) is 0.708. The highest BCUT2D eigenvalue weighted by molar-refractivity contribution is 7.22. The minimum absolute atomic E-state index is 0.708. The van der Waals surface area contributed by atoms with Gasteiger partial charge in [0.1, 0.15) is 0 Å². The summed E-state index contributed by atoms with van der Waals surface area (Å²) in [6.45, 7) is 2.82. The minimum Gasteiger partial charge on any atom is -0.361 e. The molecule has 0 unspecified atom stereocenters. The molecule has 0 atom stereocenters. The maximum absolute atomic E-state index is 4.68. The van der Waals surface area contributed by atoms with Crippen LogP contribution < -0.4 is 5.32 Å². The average molecular weight is 260 g/mol. The van der Waals surface area contributed by atoms with Crippen LogP contribution >= 0.6 is 11.3 Å². The molecule has 0 aliphatic carbocycles. The van der Waals surface area contributed by atoms with Crippen LogP contribution in [0.15, 0.2) is 29.1 Å². The SMILES string of the molecule is Cc1cccc2sc(NCCc3ncon3)nc12. The molecule has 0 aliphatic rings. The van der Waals surface area contributed by atoms with Crippen LogP contribution in [0.5, 0.6) is 0 Å². The summed E-state index contributed by atoms with van der Waals surface area (Å²) < 4.78 is 5.88. The first-order valence-electron chi connectivity index (χ1n) is 5.68. The van der Waals surface area contributed by atoms with Crippen molar-refractivity contribution >= 4 is 26.7 Å². The second-order valence-electron chi connectivity index (χ2n) is 3.96. The van der Waals surface area contributed by atoms with Crippen LogP contribution in [0.25, 0.3) is 10.2 Å². The summed E-state index contributed by atoms with van der Waals surface area (Å²) >= 11 is 1.66. The molecule has 2 aromatic heterocycles. The van der Waals surface area contributed by atoms with Crippen LogP contribution in [-0.2, 0) is 6.42 Å². The highest BCUT2D eigenvalue weighted by Crippen LogP contribution is 2.27. The Bertz CT molecular complexity index is 647. The zero-order valence-corrected chi connectivity index (χ0v) is 10.7. The van der Waals surface area contributed by atoms with E-state index in [2.05, 4.69) is 50.1 Å². The Hall–Kier alpha value is -1.95. The van der Waals surface area contributed by atoms with E-state index in [1.54, 1.807) is 11.3 Å². The number of aromatic nitrogens is 3. The van der Waals surface area contributed by atoms with Gasteiger partial charge in [-0.1, -0.05) is 28.6 Å². The third-order valence-electron chi connectivity index (χ3n) is 2.65. The van der Waals surface area contributed by atoms with Gasteiger partial charge in [0.05, 0.1) is 10.2 Å². The molecular formula is C12H12N4OS. The largest absolute Gasteiger partial charge is 0.361 e. The lowest BCUT2D eigenvalue weighted by molar-refractivity contribution is 0.410. The maximum atomic E-state index is 4.68. The monoisotopic (exact) mass is 260 g/mol. The van der Waals surface area contributed by atoms with Gasteiger partial charge in [-0.05, 0) is 18.6 Å². The van der Waals surface area contributed by atoms with E-state index < -0.39 is 0 Å². The third kappa shape index (κ3) is 2.19. The highest BCUT2D eigenvalue weighted by atomic mass is 32.1. The molecule has 0 aliphatic heterocycles. The number of anilines is 1. The Morgan fingerprint density at radius 3 is 3.11 bits per heavy atom. The topological polar surface area (TPSA) is 63.8 Å². The molecule has 3 aromatic rings. The third-order valence-corrected chi connectivity index (χ3v) is 3.63. The number of nitrogens with one attached hydrogen (secondary N) is 1. The second-order valence-corrected chi connectivity index (χ2v) is 5.00. The predicted octanol–water partition coefficient (Wildman–Crippen LogP) is 2.64. The number of para-hydroxylation sites is 1. The summed E-state index contributed by atoms with van der Waals surface area (Å²) in [5.41, 5.74) is 2.28. The smallest absolute Gasteiger partial charge is 0.213 e. The molecule has 0 spiro atoms. The number of rotatable bonds is 4. The standard InChI is InChI=1S/C12H12N4OS/c1-8-3-2-4-9-11(8)15-12(18-9)13-6-5-10-14-7-17-16-10/h2-4,7H,5-6H2,1H3,(H,13,15). The maximum Gasteiger partial charge on any atom is 0.213 e. The number of thiazole rings is 1.